The van der Waals surface area contributed by atoms with Crippen molar-refractivity contribution in [3.63, 3.8) is 0 Å². The van der Waals surface area contributed by atoms with Crippen LogP contribution in [0.4, 0.5) is 5.69 Å². The Hall–Kier alpha value is -2.24. The molecule has 1 unspecified atom stereocenters. The highest BCUT2D eigenvalue weighted by molar-refractivity contribution is 5.49. The van der Waals surface area contributed by atoms with Crippen molar-refractivity contribution in [2.24, 2.45) is 0 Å². The molecule has 0 bridgehead atoms. The molecular weight excluding hydrogens is 304 g/mol. The molecule has 0 amide bonds. The molecular formula is C19H24N2O3. The van der Waals surface area contributed by atoms with Crippen LogP contribution in [0.5, 0.6) is 11.5 Å². The Kier molecular flexibility index (Phi) is 5.23. The average Bonchev–Trinajstić information content (AvgIpc) is 2.63. The van der Waals surface area contributed by atoms with Gasteiger partial charge in [-0.1, -0.05) is 12.1 Å². The number of methoxy groups -OCH3 is 1. The third-order valence-corrected chi connectivity index (χ3v) is 4.50. The molecule has 1 aliphatic rings. The second-order valence-electron chi connectivity index (χ2n) is 6.10. The number of anilines is 1. The Morgan fingerprint density at radius 1 is 1.04 bits per heavy atom. The molecule has 0 radical (unpaired) electrons. The quantitative estimate of drug-likeness (QED) is 0.882. The van der Waals surface area contributed by atoms with Crippen LogP contribution in [0.25, 0.3) is 0 Å². The molecule has 0 spiro atoms. The lowest BCUT2D eigenvalue weighted by Crippen LogP contribution is -2.47. The number of phenols is 1. The third-order valence-electron chi connectivity index (χ3n) is 4.50. The van der Waals surface area contributed by atoms with E-state index in [-0.39, 0.29) is 0 Å². The van der Waals surface area contributed by atoms with Gasteiger partial charge in [0, 0.05) is 38.4 Å². The average molecular weight is 328 g/mol. The van der Waals surface area contributed by atoms with Crippen molar-refractivity contribution in [1.82, 2.24) is 4.90 Å². The summed E-state index contributed by atoms with van der Waals surface area (Å²) in [6.07, 6.45) is -0.514. The largest absolute Gasteiger partial charge is 0.508 e. The fraction of sp³-hybridized carbons (Fsp3) is 0.368. The molecule has 5 heteroatoms. The Labute approximate surface area is 142 Å². The second kappa shape index (κ2) is 7.55. The van der Waals surface area contributed by atoms with Crippen LogP contribution in [-0.2, 0) is 0 Å². The summed E-state index contributed by atoms with van der Waals surface area (Å²) in [4.78, 5) is 4.58. The van der Waals surface area contributed by atoms with Crippen molar-refractivity contribution >= 4 is 5.69 Å². The maximum atomic E-state index is 10.5. The molecule has 128 valence electrons. The normalized spacial score (nSPS) is 16.8. The van der Waals surface area contributed by atoms with Gasteiger partial charge in [0.05, 0.1) is 13.2 Å². The molecule has 0 aliphatic carbocycles. The lowest BCUT2D eigenvalue weighted by atomic mass is 10.1. The maximum Gasteiger partial charge on any atom is 0.119 e. The molecule has 5 nitrogen and oxygen atoms in total. The third kappa shape index (κ3) is 3.99. The number of aromatic hydroxyl groups is 1. The zero-order valence-electron chi connectivity index (χ0n) is 13.9. The predicted molar refractivity (Wildman–Crippen MR) is 94.7 cm³/mol. The molecule has 1 heterocycles. The van der Waals surface area contributed by atoms with E-state index < -0.39 is 6.10 Å². The van der Waals surface area contributed by atoms with Crippen molar-refractivity contribution in [2.75, 3.05) is 44.7 Å². The van der Waals surface area contributed by atoms with Crippen LogP contribution in [0.2, 0.25) is 0 Å². The van der Waals surface area contributed by atoms with Crippen molar-refractivity contribution in [3.8, 4) is 11.5 Å². The highest BCUT2D eigenvalue weighted by Gasteiger charge is 2.20. The number of hydrogen-bond donors (Lipinski definition) is 2. The maximum absolute atomic E-state index is 10.5. The van der Waals surface area contributed by atoms with Crippen molar-refractivity contribution in [3.05, 3.63) is 54.1 Å². The molecule has 2 aromatic carbocycles. The molecule has 0 saturated carbocycles. The van der Waals surface area contributed by atoms with Gasteiger partial charge in [-0.15, -0.1) is 0 Å². The van der Waals surface area contributed by atoms with Crippen LogP contribution in [0.3, 0.4) is 0 Å². The zero-order valence-corrected chi connectivity index (χ0v) is 13.9. The molecule has 2 N–H and O–H groups in total. The van der Waals surface area contributed by atoms with E-state index in [9.17, 15) is 10.2 Å². The SMILES string of the molecule is COc1cccc(C(O)CN2CCN(c3ccc(O)cc3)CC2)c1. The number of benzene rings is 2. The zero-order chi connectivity index (χ0) is 16.9. The molecule has 1 fully saturated rings. The number of nitrogens with zero attached hydrogens (tertiary/aromatic N) is 2. The number of aliphatic hydroxyl groups is 1. The van der Waals surface area contributed by atoms with Crippen LogP contribution in [0.15, 0.2) is 48.5 Å². The highest BCUT2D eigenvalue weighted by Crippen LogP contribution is 2.22. The summed E-state index contributed by atoms with van der Waals surface area (Å²) < 4.78 is 5.22. The summed E-state index contributed by atoms with van der Waals surface area (Å²) in [5.74, 6) is 1.06. The summed E-state index contributed by atoms with van der Waals surface area (Å²) in [7, 11) is 1.63. The first kappa shape index (κ1) is 16.6. The smallest absolute Gasteiger partial charge is 0.119 e. The Bertz CT molecular complexity index is 652. The van der Waals surface area contributed by atoms with E-state index in [0.717, 1.165) is 43.2 Å². The Morgan fingerprint density at radius 2 is 1.75 bits per heavy atom. The fourth-order valence-electron chi connectivity index (χ4n) is 3.05. The topological polar surface area (TPSA) is 56.2 Å². The van der Waals surface area contributed by atoms with Crippen LogP contribution >= 0.6 is 0 Å². The van der Waals surface area contributed by atoms with Gasteiger partial charge in [-0.2, -0.15) is 0 Å². The molecule has 24 heavy (non-hydrogen) atoms. The Balaban J connectivity index is 1.54. The monoisotopic (exact) mass is 328 g/mol. The van der Waals surface area contributed by atoms with Crippen molar-refractivity contribution < 1.29 is 14.9 Å². The highest BCUT2D eigenvalue weighted by atomic mass is 16.5. The minimum atomic E-state index is -0.514. The van der Waals surface area contributed by atoms with E-state index in [1.807, 2.05) is 36.4 Å². The standard InChI is InChI=1S/C19H24N2O3/c1-24-18-4-2-3-15(13-18)19(23)14-20-9-11-21(12-10-20)16-5-7-17(22)8-6-16/h2-8,13,19,22-23H,9-12,14H2,1H3. The van der Waals surface area contributed by atoms with Gasteiger partial charge in [0.25, 0.3) is 0 Å². The Morgan fingerprint density at radius 3 is 2.42 bits per heavy atom. The van der Waals surface area contributed by atoms with Gasteiger partial charge in [-0.3, -0.25) is 4.90 Å². The number of ether oxygens (including phenoxy) is 1. The molecule has 1 atom stereocenters. The predicted octanol–water partition coefficient (Wildman–Crippen LogP) is 2.26. The van der Waals surface area contributed by atoms with Gasteiger partial charge in [0.2, 0.25) is 0 Å². The fourth-order valence-corrected chi connectivity index (χ4v) is 3.05. The number of piperazine rings is 1. The number of phenolic OH excluding ortho intramolecular Hbond substituents is 1. The lowest BCUT2D eigenvalue weighted by Gasteiger charge is -2.37. The number of β-amino-alcohol motifs (C(OH)–C–C–N with tert-alkyl or cyclic N) is 1. The van der Waals surface area contributed by atoms with Crippen LogP contribution in [-0.4, -0.2) is 54.9 Å². The lowest BCUT2D eigenvalue weighted by molar-refractivity contribution is 0.109. The minimum absolute atomic E-state index is 0.291. The first-order valence-electron chi connectivity index (χ1n) is 8.24. The summed E-state index contributed by atoms with van der Waals surface area (Å²) in [6.45, 7) is 4.26. The van der Waals surface area contributed by atoms with Gasteiger partial charge in [-0.25, -0.2) is 0 Å². The van der Waals surface area contributed by atoms with Crippen LogP contribution < -0.4 is 9.64 Å². The summed E-state index contributed by atoms with van der Waals surface area (Å²) in [5.41, 5.74) is 2.01. The second-order valence-corrected chi connectivity index (χ2v) is 6.10. The number of aliphatic hydroxyl groups excluding tert-OH is 1. The van der Waals surface area contributed by atoms with E-state index >= 15 is 0 Å². The van der Waals surface area contributed by atoms with Crippen molar-refractivity contribution in [1.29, 1.82) is 0 Å². The van der Waals surface area contributed by atoms with Gasteiger partial charge >= 0.3 is 0 Å². The summed E-state index contributed by atoms with van der Waals surface area (Å²) >= 11 is 0. The van der Waals surface area contributed by atoms with E-state index in [1.54, 1.807) is 19.2 Å². The van der Waals surface area contributed by atoms with Gasteiger partial charge in [0.15, 0.2) is 0 Å². The molecule has 1 aliphatic heterocycles. The van der Waals surface area contributed by atoms with E-state index in [2.05, 4.69) is 9.80 Å². The molecule has 2 aromatic rings. The van der Waals surface area contributed by atoms with Crippen LogP contribution in [0.1, 0.15) is 11.7 Å². The molecule has 0 aromatic heterocycles. The van der Waals surface area contributed by atoms with Crippen LogP contribution in [0, 0.1) is 0 Å². The summed E-state index contributed by atoms with van der Waals surface area (Å²) in [5, 5.41) is 19.8. The van der Waals surface area contributed by atoms with E-state index in [0.29, 0.717) is 12.3 Å². The minimum Gasteiger partial charge on any atom is -0.508 e. The van der Waals surface area contributed by atoms with Gasteiger partial charge in [0.1, 0.15) is 11.5 Å². The number of rotatable bonds is 5. The number of hydrogen-bond acceptors (Lipinski definition) is 5. The van der Waals surface area contributed by atoms with Crippen molar-refractivity contribution in [2.45, 2.75) is 6.10 Å². The van der Waals surface area contributed by atoms with Gasteiger partial charge in [-0.05, 0) is 42.0 Å². The van der Waals surface area contributed by atoms with E-state index in [1.165, 1.54) is 0 Å². The molecule has 3 rings (SSSR count). The summed E-state index contributed by atoms with van der Waals surface area (Å²) in [6, 6.07) is 14.9. The van der Waals surface area contributed by atoms with E-state index in [4.69, 9.17) is 4.74 Å². The first-order chi connectivity index (χ1) is 11.7. The van der Waals surface area contributed by atoms with Gasteiger partial charge < -0.3 is 19.8 Å². The first-order valence-corrected chi connectivity index (χ1v) is 8.24. The molecule has 1 saturated heterocycles.